The molecule has 6 nitrogen and oxygen atoms in total. The van der Waals surface area contributed by atoms with Gasteiger partial charge in [-0.15, -0.1) is 0 Å². The number of benzene rings is 1. The molecule has 0 radical (unpaired) electrons. The Kier molecular flexibility index (Phi) is 8.48. The van der Waals surface area contributed by atoms with Gasteiger partial charge in [-0.05, 0) is 98.5 Å². The minimum absolute atomic E-state index is 0.0222. The van der Waals surface area contributed by atoms with Crippen molar-refractivity contribution in [2.75, 3.05) is 6.61 Å². The van der Waals surface area contributed by atoms with E-state index in [1.54, 1.807) is 24.3 Å². The van der Waals surface area contributed by atoms with E-state index >= 15 is 0 Å². The summed E-state index contributed by atoms with van der Waals surface area (Å²) < 4.78 is 30.4. The van der Waals surface area contributed by atoms with E-state index in [1.807, 2.05) is 20.8 Å². The van der Waals surface area contributed by atoms with Crippen LogP contribution in [0.5, 0.6) is 0 Å². The van der Waals surface area contributed by atoms with Crippen molar-refractivity contribution in [3.63, 3.8) is 0 Å². The molecule has 3 fully saturated rings. The van der Waals surface area contributed by atoms with Crippen molar-refractivity contribution < 1.29 is 27.3 Å². The van der Waals surface area contributed by atoms with Crippen LogP contribution >= 0.6 is 0 Å². The lowest BCUT2D eigenvalue weighted by Crippen LogP contribution is -2.51. The summed E-state index contributed by atoms with van der Waals surface area (Å²) in [6.07, 6.45) is 9.26. The van der Waals surface area contributed by atoms with Crippen LogP contribution in [0.3, 0.4) is 0 Å². The molecule has 1 unspecified atom stereocenters. The quantitative estimate of drug-likeness (QED) is 0.265. The lowest BCUT2D eigenvalue weighted by molar-refractivity contribution is -0.134. The Bertz CT molecular complexity index is 1300. The topological polar surface area (TPSA) is 97.7 Å². The Balaban J connectivity index is 1.20. The van der Waals surface area contributed by atoms with Gasteiger partial charge in [-0.2, -0.15) is 8.42 Å². The average Bonchev–Trinajstić information content (AvgIpc) is 3.20. The molecule has 1 N–H and O–H groups in total. The molecule has 1 aromatic rings. The highest BCUT2D eigenvalue weighted by Crippen LogP contribution is 2.66. The molecule has 9 atom stereocenters. The Morgan fingerprint density at radius 3 is 2.49 bits per heavy atom. The molecule has 0 aromatic heterocycles. The number of fused-ring (bicyclic) bond motifs is 5. The van der Waals surface area contributed by atoms with Gasteiger partial charge in [0.05, 0.1) is 17.6 Å². The molecule has 0 aliphatic heterocycles. The van der Waals surface area contributed by atoms with Crippen LogP contribution in [-0.2, 0) is 23.9 Å². The summed E-state index contributed by atoms with van der Waals surface area (Å²) in [7, 11) is -3.84. The standard InChI is InChI=1S/C34H48O6S/c1-21-6-10-26(11-7-21)41(38,39)40-20-22(2)8-13-30(36)23(3)32-31(37)19-29-27-12-9-24-18-25(35)14-16-33(24,4)28(27)15-17-34(29,32)5/h6-7,9-11,22-23,25,27-29,32,35H,8,12-20H2,1-5H3/t22?,23-,25+,27-,28+,29+,32+,33+,34+/m1/s1. The fourth-order valence-corrected chi connectivity index (χ4v) is 10.2. The third-order valence-corrected chi connectivity index (χ3v) is 13.0. The van der Waals surface area contributed by atoms with Crippen LogP contribution in [0.4, 0.5) is 0 Å². The summed E-state index contributed by atoms with van der Waals surface area (Å²) in [5, 5.41) is 10.3. The zero-order valence-electron chi connectivity index (χ0n) is 25.4. The van der Waals surface area contributed by atoms with E-state index in [-0.39, 0.29) is 57.8 Å². The van der Waals surface area contributed by atoms with Crippen LogP contribution in [-0.4, -0.2) is 37.8 Å². The molecule has 3 saturated carbocycles. The summed E-state index contributed by atoms with van der Waals surface area (Å²) in [4.78, 5) is 27.2. The van der Waals surface area contributed by atoms with E-state index in [1.165, 1.54) is 5.57 Å². The summed E-state index contributed by atoms with van der Waals surface area (Å²) >= 11 is 0. The second-order valence-electron chi connectivity index (χ2n) is 14.3. The van der Waals surface area contributed by atoms with Gasteiger partial charge in [0.25, 0.3) is 10.1 Å². The number of aryl methyl sites for hydroxylation is 1. The average molecular weight is 585 g/mol. The van der Waals surface area contributed by atoms with Crippen molar-refractivity contribution in [3.05, 3.63) is 41.5 Å². The number of allylic oxidation sites excluding steroid dienone is 1. The maximum atomic E-state index is 13.6. The van der Waals surface area contributed by atoms with Crippen LogP contribution in [0.15, 0.2) is 40.8 Å². The Morgan fingerprint density at radius 1 is 1.07 bits per heavy atom. The second kappa shape index (κ2) is 11.3. The van der Waals surface area contributed by atoms with Crippen LogP contribution in [0.25, 0.3) is 0 Å². The minimum atomic E-state index is -3.84. The van der Waals surface area contributed by atoms with Crippen molar-refractivity contribution in [1.82, 2.24) is 0 Å². The fourth-order valence-electron chi connectivity index (χ4n) is 9.19. The van der Waals surface area contributed by atoms with E-state index in [2.05, 4.69) is 19.9 Å². The van der Waals surface area contributed by atoms with Crippen molar-refractivity contribution >= 4 is 21.7 Å². The third kappa shape index (κ3) is 5.63. The van der Waals surface area contributed by atoms with Gasteiger partial charge in [0, 0.05) is 24.7 Å². The molecule has 5 rings (SSSR count). The molecular formula is C34H48O6S. The first-order valence-electron chi connectivity index (χ1n) is 15.7. The number of Topliss-reactive ketones (excluding diaryl/α,β-unsaturated/α-hetero) is 2. The van der Waals surface area contributed by atoms with Crippen LogP contribution in [0.2, 0.25) is 0 Å². The number of carbonyl (C=O) groups is 2. The second-order valence-corrected chi connectivity index (χ2v) is 15.9. The van der Waals surface area contributed by atoms with Gasteiger partial charge >= 0.3 is 0 Å². The molecule has 0 spiro atoms. The Labute approximate surface area is 246 Å². The van der Waals surface area contributed by atoms with Crippen molar-refractivity contribution in [3.8, 4) is 0 Å². The van der Waals surface area contributed by atoms with E-state index in [9.17, 15) is 23.1 Å². The van der Waals surface area contributed by atoms with Crippen LogP contribution in [0.1, 0.15) is 91.0 Å². The molecule has 7 heteroatoms. The smallest absolute Gasteiger partial charge is 0.296 e. The number of hydrogen-bond donors (Lipinski definition) is 1. The Hall–Kier alpha value is -1.83. The first-order valence-corrected chi connectivity index (χ1v) is 17.1. The number of hydrogen-bond acceptors (Lipinski definition) is 6. The lowest BCUT2D eigenvalue weighted by atomic mass is 9.47. The number of rotatable bonds is 9. The van der Waals surface area contributed by atoms with E-state index in [0.717, 1.165) is 44.1 Å². The van der Waals surface area contributed by atoms with E-state index in [4.69, 9.17) is 4.18 Å². The zero-order valence-corrected chi connectivity index (χ0v) is 26.2. The molecular weight excluding hydrogens is 536 g/mol. The minimum Gasteiger partial charge on any atom is -0.393 e. The maximum absolute atomic E-state index is 13.6. The highest BCUT2D eigenvalue weighted by Gasteiger charge is 2.62. The molecule has 1 aromatic carbocycles. The molecule has 4 aliphatic rings. The lowest BCUT2D eigenvalue weighted by Gasteiger charge is -2.58. The Morgan fingerprint density at radius 2 is 1.78 bits per heavy atom. The van der Waals surface area contributed by atoms with Gasteiger partial charge in [0.1, 0.15) is 11.6 Å². The fraction of sp³-hybridized carbons (Fsp3) is 0.706. The molecule has 0 heterocycles. The van der Waals surface area contributed by atoms with E-state index in [0.29, 0.717) is 37.0 Å². The summed E-state index contributed by atoms with van der Waals surface area (Å²) in [6.45, 7) is 10.4. The van der Waals surface area contributed by atoms with Gasteiger partial charge in [-0.1, -0.05) is 57.0 Å². The predicted molar refractivity (Wildman–Crippen MR) is 158 cm³/mol. The maximum Gasteiger partial charge on any atom is 0.296 e. The van der Waals surface area contributed by atoms with Crippen LogP contribution < -0.4 is 0 Å². The normalized spacial score (nSPS) is 36.5. The van der Waals surface area contributed by atoms with E-state index < -0.39 is 10.1 Å². The molecule has 41 heavy (non-hydrogen) atoms. The predicted octanol–water partition coefficient (Wildman–Crippen LogP) is 6.44. The van der Waals surface area contributed by atoms with Crippen molar-refractivity contribution in [2.24, 2.45) is 46.3 Å². The molecule has 0 bridgehead atoms. The largest absolute Gasteiger partial charge is 0.393 e. The summed E-state index contributed by atoms with van der Waals surface area (Å²) in [5.74, 6) is 0.953. The van der Waals surface area contributed by atoms with Crippen LogP contribution in [0, 0.1) is 53.3 Å². The molecule has 0 saturated heterocycles. The van der Waals surface area contributed by atoms with Crippen molar-refractivity contribution in [2.45, 2.75) is 103 Å². The number of ketones is 2. The summed E-state index contributed by atoms with van der Waals surface area (Å²) in [5.41, 5.74) is 2.36. The zero-order chi connectivity index (χ0) is 29.7. The van der Waals surface area contributed by atoms with Gasteiger partial charge in [-0.3, -0.25) is 13.8 Å². The first kappa shape index (κ1) is 30.6. The van der Waals surface area contributed by atoms with Gasteiger partial charge in [0.2, 0.25) is 0 Å². The molecule has 226 valence electrons. The van der Waals surface area contributed by atoms with Gasteiger partial charge in [-0.25, -0.2) is 0 Å². The SMILES string of the molecule is Cc1ccc(S(=O)(=O)OCC(C)CCC(=O)[C@@H](C)[C@H]2C(=O)C[C@H]3[C@@H]4CC=C5C[C@@H](O)CC[C@]5(C)[C@H]4CC[C@]23C)cc1. The molecule has 0 amide bonds. The molecule has 4 aliphatic carbocycles. The third-order valence-electron chi connectivity index (χ3n) is 11.7. The van der Waals surface area contributed by atoms with Crippen molar-refractivity contribution in [1.29, 1.82) is 0 Å². The highest BCUT2D eigenvalue weighted by molar-refractivity contribution is 7.86. The summed E-state index contributed by atoms with van der Waals surface area (Å²) in [6, 6.07) is 6.57. The monoisotopic (exact) mass is 584 g/mol. The number of aliphatic hydroxyl groups excluding tert-OH is 1. The highest BCUT2D eigenvalue weighted by atomic mass is 32.2. The number of carbonyl (C=O) groups excluding carboxylic acids is 2. The first-order chi connectivity index (χ1) is 19.3. The number of aliphatic hydroxyl groups is 1. The van der Waals surface area contributed by atoms with Gasteiger partial charge in [0.15, 0.2) is 0 Å². The van der Waals surface area contributed by atoms with Gasteiger partial charge < -0.3 is 5.11 Å².